The molecule has 78 valence electrons. The fourth-order valence-electron chi connectivity index (χ4n) is 2.63. The van der Waals surface area contributed by atoms with E-state index in [0.717, 1.165) is 16.7 Å². The van der Waals surface area contributed by atoms with E-state index in [9.17, 15) is 0 Å². The Morgan fingerprint density at radius 3 is 3.00 bits per heavy atom. The van der Waals surface area contributed by atoms with Crippen molar-refractivity contribution in [3.8, 4) is 0 Å². The summed E-state index contributed by atoms with van der Waals surface area (Å²) in [5.41, 5.74) is 1.43. The van der Waals surface area contributed by atoms with Crippen LogP contribution in [0.3, 0.4) is 0 Å². The van der Waals surface area contributed by atoms with Gasteiger partial charge >= 0.3 is 0 Å². The molecule has 0 spiro atoms. The second kappa shape index (κ2) is 4.52. The van der Waals surface area contributed by atoms with Gasteiger partial charge in [0.05, 0.1) is 0 Å². The number of halogens is 1. The first-order chi connectivity index (χ1) is 6.81. The van der Waals surface area contributed by atoms with Gasteiger partial charge < -0.3 is 4.98 Å². The lowest BCUT2D eigenvalue weighted by Crippen LogP contribution is -2.23. The van der Waals surface area contributed by atoms with Crippen molar-refractivity contribution in [3.63, 3.8) is 0 Å². The molecule has 14 heavy (non-hydrogen) atoms. The molecule has 0 aliphatic heterocycles. The van der Waals surface area contributed by atoms with Gasteiger partial charge in [-0.15, -0.1) is 0 Å². The van der Waals surface area contributed by atoms with Crippen molar-refractivity contribution in [1.82, 2.24) is 4.98 Å². The van der Waals surface area contributed by atoms with Crippen LogP contribution in [-0.4, -0.2) is 9.81 Å². The Labute approximate surface area is 94.4 Å². The first kappa shape index (κ1) is 10.3. The predicted molar refractivity (Wildman–Crippen MR) is 63.9 cm³/mol. The zero-order valence-corrected chi connectivity index (χ0v) is 10.3. The van der Waals surface area contributed by atoms with Crippen molar-refractivity contribution < 1.29 is 0 Å². The fraction of sp³-hybridized carbons (Fsp3) is 0.667. The average Bonchev–Trinajstić information content (AvgIpc) is 2.70. The molecule has 1 nitrogen and oxygen atoms in total. The first-order valence-electron chi connectivity index (χ1n) is 5.58. The van der Waals surface area contributed by atoms with E-state index in [1.165, 1.54) is 31.4 Å². The van der Waals surface area contributed by atoms with Crippen molar-refractivity contribution in [1.29, 1.82) is 0 Å². The van der Waals surface area contributed by atoms with Gasteiger partial charge in [0, 0.05) is 22.6 Å². The van der Waals surface area contributed by atoms with Gasteiger partial charge in [0.1, 0.15) is 0 Å². The predicted octanol–water partition coefficient (Wildman–Crippen LogP) is 4.07. The van der Waals surface area contributed by atoms with E-state index in [2.05, 4.69) is 40.0 Å². The standard InChI is InChI=1S/C12H18BrN/c1-2-9-5-6-10(13)8-11(9)12-4-3-7-14-12/h3-4,7,9-11,14H,2,5-6,8H2,1H3. The fourth-order valence-corrected chi connectivity index (χ4v) is 3.29. The number of rotatable bonds is 2. The van der Waals surface area contributed by atoms with Gasteiger partial charge in [0.2, 0.25) is 0 Å². The molecule has 1 heterocycles. The number of aromatic amines is 1. The molecular weight excluding hydrogens is 238 g/mol. The van der Waals surface area contributed by atoms with Gasteiger partial charge in [-0.1, -0.05) is 29.3 Å². The van der Waals surface area contributed by atoms with Crippen LogP contribution in [0, 0.1) is 5.92 Å². The Morgan fingerprint density at radius 2 is 2.36 bits per heavy atom. The normalized spacial score (nSPS) is 33.1. The van der Waals surface area contributed by atoms with E-state index >= 15 is 0 Å². The van der Waals surface area contributed by atoms with Crippen LogP contribution in [0.5, 0.6) is 0 Å². The van der Waals surface area contributed by atoms with E-state index in [4.69, 9.17) is 0 Å². The minimum Gasteiger partial charge on any atom is -0.365 e. The summed E-state index contributed by atoms with van der Waals surface area (Å²) in [6, 6.07) is 4.35. The van der Waals surface area contributed by atoms with Crippen LogP contribution in [0.25, 0.3) is 0 Å². The van der Waals surface area contributed by atoms with Gasteiger partial charge in [-0.2, -0.15) is 0 Å². The maximum absolute atomic E-state index is 3.76. The minimum absolute atomic E-state index is 0.721. The second-order valence-electron chi connectivity index (χ2n) is 4.31. The van der Waals surface area contributed by atoms with Crippen molar-refractivity contribution in [2.45, 2.75) is 43.4 Å². The molecular formula is C12H18BrN. The lowest BCUT2D eigenvalue weighted by Gasteiger charge is -2.33. The molecule has 1 saturated carbocycles. The average molecular weight is 256 g/mol. The number of alkyl halides is 1. The molecule has 0 amide bonds. The van der Waals surface area contributed by atoms with Crippen molar-refractivity contribution in [3.05, 3.63) is 24.0 Å². The Balaban J connectivity index is 2.13. The molecule has 1 aromatic rings. The summed E-state index contributed by atoms with van der Waals surface area (Å²) in [5.74, 6) is 1.62. The van der Waals surface area contributed by atoms with Crippen LogP contribution >= 0.6 is 15.9 Å². The van der Waals surface area contributed by atoms with Crippen LogP contribution < -0.4 is 0 Å². The monoisotopic (exact) mass is 255 g/mol. The molecule has 1 N–H and O–H groups in total. The maximum Gasteiger partial charge on any atom is 0.0181 e. The molecule has 3 unspecified atom stereocenters. The van der Waals surface area contributed by atoms with Gasteiger partial charge in [-0.3, -0.25) is 0 Å². The molecule has 0 aromatic carbocycles. The highest BCUT2D eigenvalue weighted by Crippen LogP contribution is 2.41. The molecule has 1 aliphatic carbocycles. The second-order valence-corrected chi connectivity index (χ2v) is 5.61. The number of nitrogens with one attached hydrogen (secondary N) is 1. The molecule has 2 rings (SSSR count). The maximum atomic E-state index is 3.76. The smallest absolute Gasteiger partial charge is 0.0181 e. The molecule has 0 radical (unpaired) electrons. The topological polar surface area (TPSA) is 15.8 Å². The highest BCUT2D eigenvalue weighted by molar-refractivity contribution is 9.09. The zero-order chi connectivity index (χ0) is 9.97. The molecule has 0 bridgehead atoms. The molecule has 2 heteroatoms. The summed E-state index contributed by atoms with van der Waals surface area (Å²) in [5, 5.41) is 0. The Kier molecular flexibility index (Phi) is 3.32. The van der Waals surface area contributed by atoms with E-state index in [0.29, 0.717) is 0 Å². The van der Waals surface area contributed by atoms with Crippen LogP contribution in [0.1, 0.15) is 44.2 Å². The van der Waals surface area contributed by atoms with E-state index in [1.807, 2.05) is 6.20 Å². The van der Waals surface area contributed by atoms with E-state index in [1.54, 1.807) is 0 Å². The first-order valence-corrected chi connectivity index (χ1v) is 6.50. The van der Waals surface area contributed by atoms with Crippen molar-refractivity contribution in [2.75, 3.05) is 0 Å². The number of H-pyrrole nitrogens is 1. The summed E-state index contributed by atoms with van der Waals surface area (Å²) < 4.78 is 0. The van der Waals surface area contributed by atoms with E-state index in [-0.39, 0.29) is 0 Å². The Bertz CT molecular complexity index is 268. The number of aromatic nitrogens is 1. The number of hydrogen-bond donors (Lipinski definition) is 1. The number of hydrogen-bond acceptors (Lipinski definition) is 0. The minimum atomic E-state index is 0.721. The third-order valence-electron chi connectivity index (χ3n) is 3.48. The quantitative estimate of drug-likeness (QED) is 0.767. The third kappa shape index (κ3) is 2.05. The lowest BCUT2D eigenvalue weighted by atomic mass is 9.76. The Hall–Kier alpha value is -0.240. The highest BCUT2D eigenvalue weighted by Gasteiger charge is 2.29. The highest BCUT2D eigenvalue weighted by atomic mass is 79.9. The van der Waals surface area contributed by atoms with Crippen LogP contribution in [0.4, 0.5) is 0 Å². The van der Waals surface area contributed by atoms with Gasteiger partial charge in [-0.05, 0) is 37.3 Å². The molecule has 0 saturated heterocycles. The van der Waals surface area contributed by atoms with Gasteiger partial charge in [0.25, 0.3) is 0 Å². The summed E-state index contributed by atoms with van der Waals surface area (Å²) in [7, 11) is 0. The van der Waals surface area contributed by atoms with Crippen molar-refractivity contribution >= 4 is 15.9 Å². The van der Waals surface area contributed by atoms with Gasteiger partial charge in [-0.25, -0.2) is 0 Å². The lowest BCUT2D eigenvalue weighted by molar-refractivity contribution is 0.304. The summed E-state index contributed by atoms with van der Waals surface area (Å²) >= 11 is 3.76. The molecule has 1 aromatic heterocycles. The molecule has 3 atom stereocenters. The summed E-state index contributed by atoms with van der Waals surface area (Å²) in [6.07, 6.45) is 7.36. The third-order valence-corrected chi connectivity index (χ3v) is 4.31. The van der Waals surface area contributed by atoms with Crippen molar-refractivity contribution in [2.24, 2.45) is 5.92 Å². The molecule has 1 fully saturated rings. The largest absolute Gasteiger partial charge is 0.365 e. The van der Waals surface area contributed by atoms with Gasteiger partial charge in [0.15, 0.2) is 0 Å². The zero-order valence-electron chi connectivity index (χ0n) is 8.67. The van der Waals surface area contributed by atoms with Crippen LogP contribution in [-0.2, 0) is 0 Å². The summed E-state index contributed by atoms with van der Waals surface area (Å²) in [6.45, 7) is 2.31. The van der Waals surface area contributed by atoms with Crippen LogP contribution in [0.2, 0.25) is 0 Å². The van der Waals surface area contributed by atoms with E-state index < -0.39 is 0 Å². The van der Waals surface area contributed by atoms with Crippen LogP contribution in [0.15, 0.2) is 18.3 Å². The SMILES string of the molecule is CCC1CCC(Br)CC1c1ccc[nH]1. The summed E-state index contributed by atoms with van der Waals surface area (Å²) in [4.78, 5) is 4.09. The molecule has 1 aliphatic rings. The Morgan fingerprint density at radius 1 is 1.50 bits per heavy atom.